The largest absolute Gasteiger partial charge is 0.295 e. The molecule has 0 aromatic rings. The Labute approximate surface area is 73.3 Å². The Balaban J connectivity index is 2.46. The number of carbonyl (C=O) groups is 2. The van der Waals surface area contributed by atoms with Crippen LogP contribution in [0, 0.1) is 11.3 Å². The van der Waals surface area contributed by atoms with E-state index in [1.165, 1.54) is 12.8 Å². The Morgan fingerprint density at radius 1 is 1.58 bits per heavy atom. The number of Topliss-reactive ketones (excluding diaryl/α,β-unsaturated/α-hetero) is 1. The van der Waals surface area contributed by atoms with Gasteiger partial charge in [-0.25, -0.2) is 0 Å². The van der Waals surface area contributed by atoms with Crippen LogP contribution in [0.4, 0.5) is 0 Å². The van der Waals surface area contributed by atoms with Crippen molar-refractivity contribution in [2.75, 3.05) is 0 Å². The van der Waals surface area contributed by atoms with E-state index in [0.717, 1.165) is 6.42 Å². The van der Waals surface area contributed by atoms with Gasteiger partial charge in [-0.1, -0.05) is 20.3 Å². The number of ketones is 1. The van der Waals surface area contributed by atoms with E-state index in [9.17, 15) is 9.59 Å². The highest BCUT2D eigenvalue weighted by atomic mass is 16.2. The molecule has 1 rings (SSSR count). The van der Waals surface area contributed by atoms with Gasteiger partial charge >= 0.3 is 0 Å². The fourth-order valence-electron chi connectivity index (χ4n) is 1.78. The minimum absolute atomic E-state index is 0.241. The molecule has 68 valence electrons. The predicted octanol–water partition coefficient (Wildman–Crippen LogP) is 1.97. The van der Waals surface area contributed by atoms with Crippen molar-refractivity contribution in [3.63, 3.8) is 0 Å². The molecule has 1 unspecified atom stereocenters. The maximum Gasteiger partial charge on any atom is 0.195 e. The number of hydrogen-bond acceptors (Lipinski definition) is 2. The van der Waals surface area contributed by atoms with Crippen molar-refractivity contribution in [2.24, 2.45) is 11.3 Å². The molecular formula is C10H16O2. The predicted molar refractivity (Wildman–Crippen MR) is 46.8 cm³/mol. The first-order valence-electron chi connectivity index (χ1n) is 4.60. The lowest BCUT2D eigenvalue weighted by Crippen LogP contribution is -2.16. The Hall–Kier alpha value is -0.660. The van der Waals surface area contributed by atoms with Crippen LogP contribution in [0.2, 0.25) is 0 Å². The molecule has 1 fully saturated rings. The summed E-state index contributed by atoms with van der Waals surface area (Å²) in [4.78, 5) is 21.0. The lowest BCUT2D eigenvalue weighted by molar-refractivity contribution is -0.130. The van der Waals surface area contributed by atoms with Gasteiger partial charge in [-0.2, -0.15) is 0 Å². The Morgan fingerprint density at radius 2 is 2.17 bits per heavy atom. The number of carbonyl (C=O) groups excluding carboxylic acids is 2. The summed E-state index contributed by atoms with van der Waals surface area (Å²) in [6.07, 6.45) is 4.36. The second-order valence-electron chi connectivity index (χ2n) is 4.05. The van der Waals surface area contributed by atoms with Crippen molar-refractivity contribution in [1.82, 2.24) is 0 Å². The van der Waals surface area contributed by atoms with E-state index in [4.69, 9.17) is 0 Å². The Bertz CT molecular complexity index is 192. The molecule has 0 saturated heterocycles. The molecule has 1 saturated carbocycles. The van der Waals surface area contributed by atoms with Gasteiger partial charge < -0.3 is 0 Å². The molecule has 2 nitrogen and oxygen atoms in total. The second-order valence-corrected chi connectivity index (χ2v) is 4.05. The standard InChI is InChI=1S/C10H16O2/c1-3-8(6-9(12)7-11)10(2)4-5-10/h7-8H,3-6H2,1-2H3. The molecule has 1 atom stereocenters. The van der Waals surface area contributed by atoms with Crippen molar-refractivity contribution < 1.29 is 9.59 Å². The molecule has 0 bridgehead atoms. The zero-order chi connectivity index (χ0) is 9.19. The molecule has 2 heteroatoms. The van der Waals surface area contributed by atoms with Crippen LogP contribution in [0.5, 0.6) is 0 Å². The van der Waals surface area contributed by atoms with Crippen molar-refractivity contribution in [2.45, 2.75) is 39.5 Å². The summed E-state index contributed by atoms with van der Waals surface area (Å²) in [5.74, 6) is 0.185. The third kappa shape index (κ3) is 1.93. The van der Waals surface area contributed by atoms with Crippen LogP contribution in [0.1, 0.15) is 39.5 Å². The zero-order valence-electron chi connectivity index (χ0n) is 7.80. The van der Waals surface area contributed by atoms with Gasteiger partial charge in [0.25, 0.3) is 0 Å². The molecule has 0 aliphatic heterocycles. The maximum atomic E-state index is 10.9. The number of rotatable bonds is 5. The van der Waals surface area contributed by atoms with Crippen LogP contribution in [-0.4, -0.2) is 12.1 Å². The topological polar surface area (TPSA) is 34.1 Å². The van der Waals surface area contributed by atoms with Crippen LogP contribution in [0.25, 0.3) is 0 Å². The highest BCUT2D eigenvalue weighted by Gasteiger charge is 2.44. The highest BCUT2D eigenvalue weighted by Crippen LogP contribution is 2.53. The van der Waals surface area contributed by atoms with Crippen molar-refractivity contribution >= 4 is 12.1 Å². The first-order valence-corrected chi connectivity index (χ1v) is 4.60. The van der Waals surface area contributed by atoms with Crippen LogP contribution in [-0.2, 0) is 9.59 Å². The summed E-state index contributed by atoms with van der Waals surface area (Å²) in [7, 11) is 0. The van der Waals surface area contributed by atoms with Gasteiger partial charge in [0.2, 0.25) is 0 Å². The molecule has 1 aliphatic carbocycles. The third-order valence-electron chi connectivity index (χ3n) is 3.10. The average Bonchev–Trinajstić information content (AvgIpc) is 2.79. The first-order chi connectivity index (χ1) is 5.62. The summed E-state index contributed by atoms with van der Waals surface area (Å²) in [5, 5.41) is 0. The summed E-state index contributed by atoms with van der Waals surface area (Å²) in [5.41, 5.74) is 0.368. The minimum Gasteiger partial charge on any atom is -0.295 e. The van der Waals surface area contributed by atoms with E-state index in [2.05, 4.69) is 13.8 Å². The van der Waals surface area contributed by atoms with Crippen molar-refractivity contribution in [3.05, 3.63) is 0 Å². The highest BCUT2D eigenvalue weighted by molar-refractivity contribution is 6.24. The minimum atomic E-state index is -0.241. The fourth-order valence-corrected chi connectivity index (χ4v) is 1.78. The SMILES string of the molecule is CCC(CC(=O)C=O)C1(C)CC1. The van der Waals surface area contributed by atoms with Crippen molar-refractivity contribution in [3.8, 4) is 0 Å². The molecule has 0 radical (unpaired) electrons. The summed E-state index contributed by atoms with van der Waals surface area (Å²) in [6.45, 7) is 4.30. The molecule has 0 aromatic carbocycles. The third-order valence-corrected chi connectivity index (χ3v) is 3.10. The smallest absolute Gasteiger partial charge is 0.195 e. The van der Waals surface area contributed by atoms with Crippen LogP contribution < -0.4 is 0 Å². The van der Waals surface area contributed by atoms with Gasteiger partial charge in [0.05, 0.1) is 0 Å². The molecule has 0 aromatic heterocycles. The van der Waals surface area contributed by atoms with Crippen LogP contribution in [0.15, 0.2) is 0 Å². The summed E-state index contributed by atoms with van der Waals surface area (Å²) >= 11 is 0. The van der Waals surface area contributed by atoms with Gasteiger partial charge in [-0.3, -0.25) is 9.59 Å². The van der Waals surface area contributed by atoms with Crippen LogP contribution in [0.3, 0.4) is 0 Å². The summed E-state index contributed by atoms with van der Waals surface area (Å²) < 4.78 is 0. The average molecular weight is 168 g/mol. The molecule has 12 heavy (non-hydrogen) atoms. The van der Waals surface area contributed by atoms with Gasteiger partial charge in [0.15, 0.2) is 12.1 Å². The quantitative estimate of drug-likeness (QED) is 0.464. The van der Waals surface area contributed by atoms with E-state index in [0.29, 0.717) is 24.0 Å². The molecule has 0 amide bonds. The van der Waals surface area contributed by atoms with Crippen molar-refractivity contribution in [1.29, 1.82) is 0 Å². The van der Waals surface area contributed by atoms with Gasteiger partial charge in [-0.15, -0.1) is 0 Å². The normalized spacial score (nSPS) is 21.5. The first kappa shape index (κ1) is 9.43. The maximum absolute atomic E-state index is 10.9. The Morgan fingerprint density at radius 3 is 2.50 bits per heavy atom. The monoisotopic (exact) mass is 168 g/mol. The van der Waals surface area contributed by atoms with Gasteiger partial charge in [-0.05, 0) is 24.2 Å². The zero-order valence-corrected chi connectivity index (χ0v) is 7.80. The molecule has 0 N–H and O–H groups in total. The number of aldehydes is 1. The lowest BCUT2D eigenvalue weighted by Gasteiger charge is -2.19. The molecule has 0 spiro atoms. The fraction of sp³-hybridized carbons (Fsp3) is 0.800. The van der Waals surface area contributed by atoms with Crippen LogP contribution >= 0.6 is 0 Å². The van der Waals surface area contributed by atoms with E-state index >= 15 is 0 Å². The Kier molecular flexibility index (Phi) is 2.65. The summed E-state index contributed by atoms with van der Waals surface area (Å²) in [6, 6.07) is 0. The molecule has 1 aliphatic rings. The molecule has 0 heterocycles. The van der Waals surface area contributed by atoms with E-state index in [1.807, 2.05) is 0 Å². The second kappa shape index (κ2) is 3.38. The lowest BCUT2D eigenvalue weighted by atomic mass is 9.85. The van der Waals surface area contributed by atoms with Gasteiger partial charge in [0.1, 0.15) is 0 Å². The number of hydrogen-bond donors (Lipinski definition) is 0. The van der Waals surface area contributed by atoms with E-state index < -0.39 is 0 Å². The molecular weight excluding hydrogens is 152 g/mol. The van der Waals surface area contributed by atoms with Gasteiger partial charge in [0, 0.05) is 6.42 Å². The van der Waals surface area contributed by atoms with E-state index in [-0.39, 0.29) is 5.78 Å². The van der Waals surface area contributed by atoms with E-state index in [1.54, 1.807) is 0 Å².